The minimum absolute atomic E-state index is 0.891. The van der Waals surface area contributed by atoms with Crippen LogP contribution in [0.3, 0.4) is 0 Å². The van der Waals surface area contributed by atoms with E-state index < -0.39 is 0 Å². The Morgan fingerprint density at radius 3 is 2.62 bits per heavy atom. The van der Waals surface area contributed by atoms with Gasteiger partial charge in [0.05, 0.1) is 0 Å². The molecule has 1 unspecified atom stereocenters. The first-order valence-electron chi connectivity index (χ1n) is 6.87. The number of nitrogens with one attached hydrogen (secondary N) is 1. The van der Waals surface area contributed by atoms with Crippen molar-refractivity contribution in [1.82, 2.24) is 15.1 Å². The van der Waals surface area contributed by atoms with E-state index in [2.05, 4.69) is 29.2 Å². The minimum Gasteiger partial charge on any atom is -0.317 e. The lowest BCUT2D eigenvalue weighted by Crippen LogP contribution is -2.43. The second-order valence-corrected chi connectivity index (χ2v) is 5.64. The smallest absolute Gasteiger partial charge is 0.0125 e. The summed E-state index contributed by atoms with van der Waals surface area (Å²) in [7, 11) is 4.35. The van der Waals surface area contributed by atoms with Crippen LogP contribution in [0.1, 0.15) is 25.7 Å². The van der Waals surface area contributed by atoms with Gasteiger partial charge in [0.15, 0.2) is 0 Å². The third kappa shape index (κ3) is 3.19. The molecule has 0 spiro atoms. The molecule has 1 N–H and O–H groups in total. The zero-order valence-electron chi connectivity index (χ0n) is 10.9. The van der Waals surface area contributed by atoms with Crippen molar-refractivity contribution in [3.05, 3.63) is 0 Å². The molecule has 0 aliphatic carbocycles. The van der Waals surface area contributed by atoms with Crippen LogP contribution >= 0.6 is 0 Å². The average Bonchev–Trinajstić information content (AvgIpc) is 2.75. The van der Waals surface area contributed by atoms with Gasteiger partial charge in [0.2, 0.25) is 0 Å². The normalized spacial score (nSPS) is 29.1. The zero-order valence-corrected chi connectivity index (χ0v) is 10.9. The predicted octanol–water partition coefficient (Wildman–Crippen LogP) is 1.01. The molecule has 1 atom stereocenters. The molecule has 16 heavy (non-hydrogen) atoms. The van der Waals surface area contributed by atoms with E-state index in [0.717, 1.165) is 12.0 Å². The summed E-state index contributed by atoms with van der Waals surface area (Å²) in [6.45, 7) is 6.29. The summed E-state index contributed by atoms with van der Waals surface area (Å²) >= 11 is 0. The minimum atomic E-state index is 0.891. The molecule has 3 heteroatoms. The lowest BCUT2D eigenvalue weighted by molar-refractivity contribution is 0.152. The van der Waals surface area contributed by atoms with Gasteiger partial charge in [0, 0.05) is 19.1 Å². The standard InChI is InChI=1S/C13H27N3/c1-15(2)10-11-16-9-3-4-13(16)12-5-7-14-8-6-12/h12-14H,3-11H2,1-2H3. The van der Waals surface area contributed by atoms with Crippen molar-refractivity contribution in [2.24, 2.45) is 5.92 Å². The molecular formula is C13H27N3. The van der Waals surface area contributed by atoms with Gasteiger partial charge in [-0.2, -0.15) is 0 Å². The fourth-order valence-corrected chi connectivity index (χ4v) is 3.22. The highest BCUT2D eigenvalue weighted by molar-refractivity contribution is 4.87. The Kier molecular flexibility index (Phi) is 4.62. The summed E-state index contributed by atoms with van der Waals surface area (Å²) in [5.41, 5.74) is 0. The van der Waals surface area contributed by atoms with E-state index in [1.165, 1.54) is 58.4 Å². The maximum atomic E-state index is 3.48. The molecule has 2 saturated heterocycles. The van der Waals surface area contributed by atoms with Gasteiger partial charge in [-0.05, 0) is 65.3 Å². The Hall–Kier alpha value is -0.120. The number of hydrogen-bond donors (Lipinski definition) is 1. The zero-order chi connectivity index (χ0) is 11.4. The summed E-state index contributed by atoms with van der Waals surface area (Å²) in [6.07, 6.45) is 5.65. The number of rotatable bonds is 4. The lowest BCUT2D eigenvalue weighted by atomic mass is 9.89. The third-order valence-electron chi connectivity index (χ3n) is 4.18. The molecule has 0 aromatic rings. The molecule has 2 aliphatic heterocycles. The topological polar surface area (TPSA) is 18.5 Å². The van der Waals surface area contributed by atoms with E-state index in [9.17, 15) is 0 Å². The van der Waals surface area contributed by atoms with Gasteiger partial charge in [-0.1, -0.05) is 0 Å². The maximum Gasteiger partial charge on any atom is 0.0125 e. The Morgan fingerprint density at radius 2 is 1.94 bits per heavy atom. The fraction of sp³-hybridized carbons (Fsp3) is 1.00. The van der Waals surface area contributed by atoms with Crippen molar-refractivity contribution in [1.29, 1.82) is 0 Å². The summed E-state index contributed by atoms with van der Waals surface area (Å²) in [4.78, 5) is 5.05. The van der Waals surface area contributed by atoms with Gasteiger partial charge in [-0.15, -0.1) is 0 Å². The molecule has 0 radical (unpaired) electrons. The number of likely N-dealkylation sites (N-methyl/N-ethyl adjacent to an activating group) is 1. The van der Waals surface area contributed by atoms with E-state index in [1.807, 2.05) is 0 Å². The van der Waals surface area contributed by atoms with Gasteiger partial charge in [-0.3, -0.25) is 4.90 Å². The first kappa shape index (κ1) is 12.3. The van der Waals surface area contributed by atoms with Crippen molar-refractivity contribution in [3.63, 3.8) is 0 Å². The SMILES string of the molecule is CN(C)CCN1CCCC1C1CCNCC1. The number of piperidine rings is 1. The molecular weight excluding hydrogens is 198 g/mol. The predicted molar refractivity (Wildman–Crippen MR) is 68.7 cm³/mol. The Bertz CT molecular complexity index is 199. The van der Waals surface area contributed by atoms with Crippen LogP contribution in [0.4, 0.5) is 0 Å². The molecule has 0 amide bonds. The third-order valence-corrected chi connectivity index (χ3v) is 4.18. The molecule has 2 aliphatic rings. The molecule has 0 aromatic carbocycles. The highest BCUT2D eigenvalue weighted by atomic mass is 15.2. The van der Waals surface area contributed by atoms with Crippen LogP contribution in [0.15, 0.2) is 0 Å². The number of nitrogens with zero attached hydrogens (tertiary/aromatic N) is 2. The first-order valence-corrected chi connectivity index (χ1v) is 6.87. The molecule has 2 rings (SSSR count). The van der Waals surface area contributed by atoms with E-state index in [4.69, 9.17) is 0 Å². The van der Waals surface area contributed by atoms with E-state index >= 15 is 0 Å². The van der Waals surface area contributed by atoms with E-state index in [-0.39, 0.29) is 0 Å². The van der Waals surface area contributed by atoms with Gasteiger partial charge >= 0.3 is 0 Å². The van der Waals surface area contributed by atoms with Crippen molar-refractivity contribution in [2.75, 3.05) is 46.8 Å². The maximum absolute atomic E-state index is 3.48. The van der Waals surface area contributed by atoms with Crippen LogP contribution < -0.4 is 5.32 Å². The molecule has 0 bridgehead atoms. The summed E-state index contributed by atoms with van der Waals surface area (Å²) in [5, 5.41) is 3.48. The number of hydrogen-bond acceptors (Lipinski definition) is 3. The number of likely N-dealkylation sites (tertiary alicyclic amines) is 1. The second kappa shape index (κ2) is 5.99. The van der Waals surface area contributed by atoms with E-state index in [1.54, 1.807) is 0 Å². The van der Waals surface area contributed by atoms with Crippen LogP contribution in [0.25, 0.3) is 0 Å². The van der Waals surface area contributed by atoms with Gasteiger partial charge < -0.3 is 10.2 Å². The Balaban J connectivity index is 1.82. The van der Waals surface area contributed by atoms with E-state index in [0.29, 0.717) is 0 Å². The van der Waals surface area contributed by atoms with Crippen LogP contribution in [-0.2, 0) is 0 Å². The summed E-state index contributed by atoms with van der Waals surface area (Å²) in [5.74, 6) is 0.964. The van der Waals surface area contributed by atoms with Crippen molar-refractivity contribution in [2.45, 2.75) is 31.7 Å². The van der Waals surface area contributed by atoms with Gasteiger partial charge in [-0.25, -0.2) is 0 Å². The van der Waals surface area contributed by atoms with Crippen molar-refractivity contribution in [3.8, 4) is 0 Å². The van der Waals surface area contributed by atoms with Gasteiger partial charge in [0.1, 0.15) is 0 Å². The molecule has 0 saturated carbocycles. The van der Waals surface area contributed by atoms with Crippen molar-refractivity contribution < 1.29 is 0 Å². The largest absolute Gasteiger partial charge is 0.317 e. The highest BCUT2D eigenvalue weighted by Crippen LogP contribution is 2.29. The molecule has 3 nitrogen and oxygen atoms in total. The van der Waals surface area contributed by atoms with Crippen LogP contribution in [0.5, 0.6) is 0 Å². The van der Waals surface area contributed by atoms with Crippen LogP contribution in [0, 0.1) is 5.92 Å². The molecule has 2 heterocycles. The molecule has 0 aromatic heterocycles. The van der Waals surface area contributed by atoms with Crippen molar-refractivity contribution >= 4 is 0 Å². The van der Waals surface area contributed by atoms with Crippen LogP contribution in [0.2, 0.25) is 0 Å². The van der Waals surface area contributed by atoms with Crippen LogP contribution in [-0.4, -0.2) is 62.7 Å². The fourth-order valence-electron chi connectivity index (χ4n) is 3.22. The van der Waals surface area contributed by atoms with Gasteiger partial charge in [0.25, 0.3) is 0 Å². The average molecular weight is 225 g/mol. The Labute approximate surface area is 100 Å². The first-order chi connectivity index (χ1) is 7.77. The second-order valence-electron chi connectivity index (χ2n) is 5.64. The quantitative estimate of drug-likeness (QED) is 0.770. The Morgan fingerprint density at radius 1 is 1.19 bits per heavy atom. The molecule has 94 valence electrons. The highest BCUT2D eigenvalue weighted by Gasteiger charge is 2.31. The lowest BCUT2D eigenvalue weighted by Gasteiger charge is -2.34. The monoisotopic (exact) mass is 225 g/mol. The summed E-state index contributed by atoms with van der Waals surface area (Å²) in [6, 6.07) is 0.891. The summed E-state index contributed by atoms with van der Waals surface area (Å²) < 4.78 is 0. The molecule has 2 fully saturated rings.